The second-order valence-electron chi connectivity index (χ2n) is 5.15. The Labute approximate surface area is 176 Å². The third-order valence-corrected chi connectivity index (χ3v) is 4.43. The number of carbonyl (C=O) groups excluding carboxylic acids is 1. The second-order valence-corrected chi connectivity index (χ2v) is 7.25. The van der Waals surface area contributed by atoms with Crippen LogP contribution in [-0.4, -0.2) is 17.6 Å². The molecule has 0 aliphatic carbocycles. The molecule has 0 saturated carbocycles. The molecular formula is C17H14Cl4N2O2S. The number of amides is 1. The van der Waals surface area contributed by atoms with Gasteiger partial charge in [-0.15, -0.1) is 0 Å². The molecule has 0 spiro atoms. The van der Waals surface area contributed by atoms with Crippen molar-refractivity contribution in [3.05, 3.63) is 56.5 Å². The van der Waals surface area contributed by atoms with Crippen LogP contribution in [0, 0.1) is 0 Å². The van der Waals surface area contributed by atoms with Gasteiger partial charge in [0.1, 0.15) is 5.75 Å². The highest BCUT2D eigenvalue weighted by molar-refractivity contribution is 7.80. The topological polar surface area (TPSA) is 50.4 Å². The van der Waals surface area contributed by atoms with Gasteiger partial charge in [0.05, 0.1) is 22.3 Å². The molecule has 0 fully saturated rings. The summed E-state index contributed by atoms with van der Waals surface area (Å²) < 4.78 is 5.52. The minimum atomic E-state index is -0.244. The average molecular weight is 452 g/mol. The van der Waals surface area contributed by atoms with Gasteiger partial charge in [0.25, 0.3) is 0 Å². The van der Waals surface area contributed by atoms with Crippen LogP contribution in [0.4, 0.5) is 5.69 Å². The van der Waals surface area contributed by atoms with Crippen molar-refractivity contribution in [1.29, 1.82) is 0 Å². The number of thiocarbonyl (C=S) groups is 1. The van der Waals surface area contributed by atoms with E-state index in [1.54, 1.807) is 36.4 Å². The fourth-order valence-corrected chi connectivity index (χ4v) is 2.97. The van der Waals surface area contributed by atoms with Crippen molar-refractivity contribution >= 4 is 75.3 Å². The first-order valence-corrected chi connectivity index (χ1v) is 9.41. The fourth-order valence-electron chi connectivity index (χ4n) is 1.94. The minimum absolute atomic E-state index is 0.140. The molecule has 0 aromatic heterocycles. The zero-order valence-electron chi connectivity index (χ0n) is 13.3. The number of hydrogen-bond acceptors (Lipinski definition) is 3. The summed E-state index contributed by atoms with van der Waals surface area (Å²) >= 11 is 28.9. The van der Waals surface area contributed by atoms with Crippen molar-refractivity contribution in [2.45, 2.75) is 12.8 Å². The van der Waals surface area contributed by atoms with Crippen LogP contribution in [0.15, 0.2) is 36.4 Å². The number of ether oxygens (including phenoxy) is 1. The Morgan fingerprint density at radius 1 is 1.00 bits per heavy atom. The predicted octanol–water partition coefficient (Wildman–Crippen LogP) is 5.97. The van der Waals surface area contributed by atoms with E-state index in [1.165, 1.54) is 0 Å². The molecule has 2 rings (SSSR count). The zero-order valence-corrected chi connectivity index (χ0v) is 17.2. The Morgan fingerprint density at radius 3 is 2.42 bits per heavy atom. The molecule has 0 aliphatic rings. The van der Waals surface area contributed by atoms with E-state index >= 15 is 0 Å². The summed E-state index contributed by atoms with van der Waals surface area (Å²) in [5, 5.41) is 7.45. The first kappa shape index (κ1) is 21.1. The third-order valence-electron chi connectivity index (χ3n) is 3.13. The van der Waals surface area contributed by atoms with E-state index < -0.39 is 0 Å². The SMILES string of the molecule is O=C(CCCOc1ccc(Cl)cc1Cl)NC(=S)Nc1cc(Cl)ccc1Cl. The van der Waals surface area contributed by atoms with Crippen molar-refractivity contribution in [3.63, 3.8) is 0 Å². The van der Waals surface area contributed by atoms with Crippen LogP contribution >= 0.6 is 58.6 Å². The molecule has 4 nitrogen and oxygen atoms in total. The Kier molecular flexibility index (Phi) is 8.25. The van der Waals surface area contributed by atoms with Gasteiger partial charge in [-0.3, -0.25) is 4.79 Å². The number of nitrogens with one attached hydrogen (secondary N) is 2. The third kappa shape index (κ3) is 6.82. The summed E-state index contributed by atoms with van der Waals surface area (Å²) in [4.78, 5) is 11.9. The molecule has 9 heteroatoms. The van der Waals surface area contributed by atoms with Gasteiger partial charge in [-0.25, -0.2) is 0 Å². The molecule has 138 valence electrons. The highest BCUT2D eigenvalue weighted by Gasteiger charge is 2.08. The molecule has 0 heterocycles. The number of hydrogen-bond donors (Lipinski definition) is 2. The molecule has 2 N–H and O–H groups in total. The van der Waals surface area contributed by atoms with E-state index in [9.17, 15) is 4.79 Å². The Hall–Kier alpha value is -1.24. The van der Waals surface area contributed by atoms with Crippen molar-refractivity contribution in [2.24, 2.45) is 0 Å². The Morgan fingerprint density at radius 2 is 1.69 bits per heavy atom. The average Bonchev–Trinajstić information content (AvgIpc) is 2.56. The van der Waals surface area contributed by atoms with Gasteiger partial charge < -0.3 is 15.4 Å². The van der Waals surface area contributed by atoms with E-state index in [0.717, 1.165) is 0 Å². The van der Waals surface area contributed by atoms with Crippen LogP contribution in [0.3, 0.4) is 0 Å². The second kappa shape index (κ2) is 10.2. The lowest BCUT2D eigenvalue weighted by molar-refractivity contribution is -0.119. The molecule has 1 amide bonds. The summed E-state index contributed by atoms with van der Waals surface area (Å²) in [5.74, 6) is 0.274. The summed E-state index contributed by atoms with van der Waals surface area (Å²) in [6, 6.07) is 9.86. The summed E-state index contributed by atoms with van der Waals surface area (Å²) in [6.45, 7) is 0.328. The smallest absolute Gasteiger partial charge is 0.226 e. The van der Waals surface area contributed by atoms with Crippen LogP contribution in [0.25, 0.3) is 0 Å². The van der Waals surface area contributed by atoms with Crippen molar-refractivity contribution in [1.82, 2.24) is 5.32 Å². The maximum atomic E-state index is 11.9. The lowest BCUT2D eigenvalue weighted by Gasteiger charge is -2.11. The molecule has 0 atom stereocenters. The first-order valence-electron chi connectivity index (χ1n) is 7.49. The van der Waals surface area contributed by atoms with Crippen LogP contribution in [-0.2, 0) is 4.79 Å². The highest BCUT2D eigenvalue weighted by atomic mass is 35.5. The van der Waals surface area contributed by atoms with Gasteiger partial charge >= 0.3 is 0 Å². The lowest BCUT2D eigenvalue weighted by Crippen LogP contribution is -2.34. The molecule has 0 radical (unpaired) electrons. The van der Waals surface area contributed by atoms with Crippen LogP contribution in [0.1, 0.15) is 12.8 Å². The normalized spacial score (nSPS) is 10.3. The van der Waals surface area contributed by atoms with Crippen molar-refractivity contribution in [2.75, 3.05) is 11.9 Å². The molecular weight excluding hydrogens is 438 g/mol. The van der Waals surface area contributed by atoms with E-state index in [4.69, 9.17) is 63.4 Å². The van der Waals surface area contributed by atoms with E-state index in [2.05, 4.69) is 10.6 Å². The highest BCUT2D eigenvalue weighted by Crippen LogP contribution is 2.27. The molecule has 2 aromatic rings. The van der Waals surface area contributed by atoms with Crippen LogP contribution in [0.5, 0.6) is 5.75 Å². The maximum Gasteiger partial charge on any atom is 0.226 e. The molecule has 2 aromatic carbocycles. The maximum absolute atomic E-state index is 11.9. The Bertz CT molecular complexity index is 817. The van der Waals surface area contributed by atoms with Crippen LogP contribution < -0.4 is 15.4 Å². The lowest BCUT2D eigenvalue weighted by atomic mass is 10.3. The number of carbonyl (C=O) groups is 1. The predicted molar refractivity (Wildman–Crippen MR) is 112 cm³/mol. The largest absolute Gasteiger partial charge is 0.492 e. The molecule has 0 saturated heterocycles. The van der Waals surface area contributed by atoms with Crippen molar-refractivity contribution in [3.8, 4) is 5.75 Å². The number of benzene rings is 2. The first-order chi connectivity index (χ1) is 12.3. The summed E-state index contributed by atoms with van der Waals surface area (Å²) in [6.07, 6.45) is 0.724. The van der Waals surface area contributed by atoms with E-state index in [0.29, 0.717) is 44.6 Å². The summed E-state index contributed by atoms with van der Waals surface area (Å²) in [7, 11) is 0. The van der Waals surface area contributed by atoms with E-state index in [-0.39, 0.29) is 17.4 Å². The van der Waals surface area contributed by atoms with Gasteiger partial charge in [-0.2, -0.15) is 0 Å². The molecule has 0 bridgehead atoms. The standard InChI is InChI=1S/C17H14Cl4N2O2S/c18-10-4-6-15(13(21)8-10)25-7-1-2-16(24)23-17(26)22-14-9-11(19)3-5-12(14)20/h3-6,8-9H,1-2,7H2,(H2,22,23,24,26). The van der Waals surface area contributed by atoms with Gasteiger partial charge in [0.2, 0.25) is 5.91 Å². The van der Waals surface area contributed by atoms with Crippen LogP contribution in [0.2, 0.25) is 20.1 Å². The van der Waals surface area contributed by atoms with Gasteiger partial charge in [0.15, 0.2) is 5.11 Å². The van der Waals surface area contributed by atoms with Gasteiger partial charge in [-0.1, -0.05) is 46.4 Å². The molecule has 26 heavy (non-hydrogen) atoms. The monoisotopic (exact) mass is 450 g/mol. The quantitative estimate of drug-likeness (QED) is 0.419. The number of halogens is 4. The summed E-state index contributed by atoms with van der Waals surface area (Å²) in [5.41, 5.74) is 0.519. The number of anilines is 1. The zero-order chi connectivity index (χ0) is 19.1. The minimum Gasteiger partial charge on any atom is -0.492 e. The van der Waals surface area contributed by atoms with Gasteiger partial charge in [0, 0.05) is 16.5 Å². The molecule has 0 aliphatic heterocycles. The van der Waals surface area contributed by atoms with Crippen molar-refractivity contribution < 1.29 is 9.53 Å². The Balaban J connectivity index is 1.72. The fraction of sp³-hybridized carbons (Fsp3) is 0.176. The van der Waals surface area contributed by atoms with E-state index in [1.807, 2.05) is 0 Å². The molecule has 0 unspecified atom stereocenters. The number of rotatable bonds is 6. The van der Waals surface area contributed by atoms with Gasteiger partial charge in [-0.05, 0) is 55.0 Å².